The molecular weight excluding hydrogens is 238 g/mol. The van der Waals surface area contributed by atoms with Crippen LogP contribution < -0.4 is 4.90 Å². The maximum absolute atomic E-state index is 10.7. The summed E-state index contributed by atoms with van der Waals surface area (Å²) >= 11 is 3.01. The minimum Gasteiger partial charge on any atom is -0.459 e. The van der Waals surface area contributed by atoms with Crippen LogP contribution in [0.1, 0.15) is 6.92 Å². The molecule has 0 aromatic heterocycles. The second-order valence-electron chi connectivity index (χ2n) is 2.68. The fourth-order valence-corrected chi connectivity index (χ4v) is 1.15. The second kappa shape index (κ2) is 8.47. The molecule has 0 heterocycles. The zero-order chi connectivity index (χ0) is 10.1. The lowest BCUT2D eigenvalue weighted by Gasteiger charge is -2.15. The maximum Gasteiger partial charge on any atom is 0.316 e. The third-order valence-corrected chi connectivity index (χ3v) is 2.25. The van der Waals surface area contributed by atoms with Gasteiger partial charge in [0.25, 0.3) is 0 Å². The number of hydrogen-bond donors (Lipinski definition) is 2. The van der Waals surface area contributed by atoms with Gasteiger partial charge >= 0.3 is 5.97 Å². The number of alkyl halides is 1. The third-order valence-electron chi connectivity index (χ3n) is 1.79. The highest BCUT2D eigenvalue weighted by Gasteiger charge is 2.06. The summed E-state index contributed by atoms with van der Waals surface area (Å²) in [4.78, 5) is 12.0. The molecule has 13 heavy (non-hydrogen) atoms. The summed E-state index contributed by atoms with van der Waals surface area (Å²) in [6, 6.07) is 0. The van der Waals surface area contributed by atoms with Crippen LogP contribution in [0, 0.1) is 0 Å². The molecule has 1 atom stereocenters. The minimum absolute atomic E-state index is 0.176. The first-order chi connectivity index (χ1) is 6.24. The molecule has 1 unspecified atom stereocenters. The van der Waals surface area contributed by atoms with Gasteiger partial charge in [-0.25, -0.2) is 0 Å². The Hall–Kier alpha value is -0.130. The molecule has 5 heteroatoms. The maximum atomic E-state index is 10.7. The van der Waals surface area contributed by atoms with Gasteiger partial charge < -0.3 is 14.7 Å². The molecule has 2 N–H and O–H groups in total. The lowest BCUT2D eigenvalue weighted by atomic mass is 10.5. The third kappa shape index (κ3) is 6.98. The molecular formula is C8H17BrNO3+. The van der Waals surface area contributed by atoms with Crippen LogP contribution >= 0.6 is 15.9 Å². The number of nitrogens with one attached hydrogen (secondary N) is 1. The number of likely N-dealkylation sites (N-methyl/N-ethyl adjacent to an activating group) is 1. The Bertz CT molecular complexity index is 143. The molecule has 0 amide bonds. The normalized spacial score (nSPS) is 12.5. The number of esters is 1. The lowest BCUT2D eigenvalue weighted by molar-refractivity contribution is -0.898. The van der Waals surface area contributed by atoms with Gasteiger partial charge in [0.2, 0.25) is 0 Å². The summed E-state index contributed by atoms with van der Waals surface area (Å²) in [5.41, 5.74) is 0. The fraction of sp³-hybridized carbons (Fsp3) is 0.875. The van der Waals surface area contributed by atoms with Gasteiger partial charge in [-0.3, -0.25) is 4.79 Å². The molecule has 4 nitrogen and oxygen atoms in total. The summed E-state index contributed by atoms with van der Waals surface area (Å²) in [6.45, 7) is 5.05. The number of rotatable bonds is 7. The van der Waals surface area contributed by atoms with Gasteiger partial charge in [0.1, 0.15) is 25.0 Å². The molecule has 0 aliphatic heterocycles. The van der Waals surface area contributed by atoms with Crippen LogP contribution in [0.25, 0.3) is 0 Å². The van der Waals surface area contributed by atoms with Crippen molar-refractivity contribution in [2.45, 2.75) is 6.92 Å². The highest BCUT2D eigenvalue weighted by atomic mass is 79.9. The predicted octanol–water partition coefficient (Wildman–Crippen LogP) is -1.18. The highest BCUT2D eigenvalue weighted by Crippen LogP contribution is 1.83. The van der Waals surface area contributed by atoms with Crippen molar-refractivity contribution in [1.29, 1.82) is 0 Å². The largest absolute Gasteiger partial charge is 0.459 e. The van der Waals surface area contributed by atoms with E-state index in [1.807, 2.05) is 6.92 Å². The lowest BCUT2D eigenvalue weighted by Crippen LogP contribution is -3.12. The highest BCUT2D eigenvalue weighted by molar-refractivity contribution is 9.09. The van der Waals surface area contributed by atoms with Crippen molar-refractivity contribution in [1.82, 2.24) is 0 Å². The van der Waals surface area contributed by atoms with E-state index < -0.39 is 0 Å². The molecule has 0 aromatic carbocycles. The van der Waals surface area contributed by atoms with Crippen molar-refractivity contribution < 1.29 is 19.5 Å². The first-order valence-electron chi connectivity index (χ1n) is 4.40. The molecule has 0 aromatic rings. The van der Waals surface area contributed by atoms with Crippen LogP contribution in [0.2, 0.25) is 0 Å². The Balaban J connectivity index is 3.42. The van der Waals surface area contributed by atoms with E-state index in [1.165, 1.54) is 4.90 Å². The molecule has 78 valence electrons. The van der Waals surface area contributed by atoms with Crippen LogP contribution in [-0.4, -0.2) is 49.3 Å². The number of ether oxygens (including phenoxy) is 1. The van der Waals surface area contributed by atoms with Crippen molar-refractivity contribution in [3.05, 3.63) is 0 Å². The molecule has 0 rings (SSSR count). The van der Waals surface area contributed by atoms with Crippen molar-refractivity contribution in [3.63, 3.8) is 0 Å². The second-order valence-corrected chi connectivity index (χ2v) is 3.24. The number of halogens is 1. The minimum atomic E-state index is -0.237. The molecule has 0 fully saturated rings. The Morgan fingerprint density at radius 3 is 2.69 bits per heavy atom. The predicted molar refractivity (Wildman–Crippen MR) is 53.1 cm³/mol. The molecule has 0 saturated heterocycles. The van der Waals surface area contributed by atoms with Gasteiger partial charge in [-0.1, -0.05) is 15.9 Å². The quantitative estimate of drug-likeness (QED) is 0.445. The average molecular weight is 255 g/mol. The van der Waals surface area contributed by atoms with E-state index >= 15 is 0 Å². The molecule has 0 spiro atoms. The summed E-state index contributed by atoms with van der Waals surface area (Å²) in [7, 11) is 0. The van der Waals surface area contributed by atoms with Gasteiger partial charge in [0, 0.05) is 0 Å². The fourth-order valence-electron chi connectivity index (χ4n) is 0.984. The summed E-state index contributed by atoms with van der Waals surface area (Å²) in [5, 5.41) is 8.93. The van der Waals surface area contributed by atoms with Crippen molar-refractivity contribution in [2.24, 2.45) is 0 Å². The van der Waals surface area contributed by atoms with Crippen LogP contribution in [0.5, 0.6) is 0 Å². The van der Waals surface area contributed by atoms with Crippen molar-refractivity contribution in [2.75, 3.05) is 38.2 Å². The number of aliphatic hydroxyl groups excluding tert-OH is 1. The van der Waals surface area contributed by atoms with E-state index in [-0.39, 0.29) is 17.9 Å². The zero-order valence-electron chi connectivity index (χ0n) is 7.88. The summed E-state index contributed by atoms with van der Waals surface area (Å²) in [5.74, 6) is -0.237. The van der Waals surface area contributed by atoms with Crippen LogP contribution in [0.4, 0.5) is 0 Å². The first-order valence-corrected chi connectivity index (χ1v) is 5.52. The number of carbonyl (C=O) groups excluding carboxylic acids is 1. The Labute approximate surface area is 87.0 Å². The van der Waals surface area contributed by atoms with Gasteiger partial charge in [0.05, 0.1) is 13.2 Å². The Morgan fingerprint density at radius 1 is 1.54 bits per heavy atom. The smallest absolute Gasteiger partial charge is 0.316 e. The van der Waals surface area contributed by atoms with E-state index in [0.29, 0.717) is 13.2 Å². The van der Waals surface area contributed by atoms with Gasteiger partial charge in [-0.2, -0.15) is 0 Å². The summed E-state index contributed by atoms with van der Waals surface area (Å²) < 4.78 is 4.88. The number of quaternary nitrogens is 1. The first kappa shape index (κ1) is 12.9. The van der Waals surface area contributed by atoms with Crippen molar-refractivity contribution >= 4 is 21.9 Å². The number of hydrogen-bond acceptors (Lipinski definition) is 3. The molecule has 0 bridgehead atoms. The van der Waals surface area contributed by atoms with E-state index in [4.69, 9.17) is 9.84 Å². The van der Waals surface area contributed by atoms with E-state index in [9.17, 15) is 4.79 Å². The standard InChI is InChI=1S/C8H16BrNO3/c1-2-10(3-5-11)4-6-13-8(12)7-9/h11H,2-7H2,1H3/p+1. The monoisotopic (exact) mass is 254 g/mol. The molecule has 0 aliphatic carbocycles. The number of carbonyl (C=O) groups is 1. The SMILES string of the molecule is CC[NH+](CCO)CCOC(=O)CBr. The van der Waals surface area contributed by atoms with Gasteiger partial charge in [-0.05, 0) is 6.92 Å². The average Bonchev–Trinajstić information content (AvgIpc) is 2.16. The number of aliphatic hydroxyl groups is 1. The molecule has 0 aliphatic rings. The van der Waals surface area contributed by atoms with Crippen LogP contribution in [0.3, 0.4) is 0 Å². The van der Waals surface area contributed by atoms with E-state index in [0.717, 1.165) is 13.1 Å². The Morgan fingerprint density at radius 2 is 2.23 bits per heavy atom. The Kier molecular flexibility index (Phi) is 8.38. The van der Waals surface area contributed by atoms with E-state index in [2.05, 4.69) is 15.9 Å². The van der Waals surface area contributed by atoms with Gasteiger partial charge in [-0.15, -0.1) is 0 Å². The zero-order valence-corrected chi connectivity index (χ0v) is 9.47. The topological polar surface area (TPSA) is 51.0 Å². The van der Waals surface area contributed by atoms with Crippen LogP contribution in [0.15, 0.2) is 0 Å². The van der Waals surface area contributed by atoms with Crippen LogP contribution in [-0.2, 0) is 9.53 Å². The molecule has 0 saturated carbocycles. The van der Waals surface area contributed by atoms with E-state index in [1.54, 1.807) is 0 Å². The van der Waals surface area contributed by atoms with Gasteiger partial charge in [0.15, 0.2) is 0 Å². The van der Waals surface area contributed by atoms with Crippen molar-refractivity contribution in [3.8, 4) is 0 Å². The summed E-state index contributed by atoms with van der Waals surface area (Å²) in [6.07, 6.45) is 0. The molecule has 0 radical (unpaired) electrons.